The maximum absolute atomic E-state index is 12.3. The molecule has 15 heavy (non-hydrogen) atoms. The molecule has 5 heteroatoms. The van der Waals surface area contributed by atoms with Crippen LogP contribution < -0.4 is 5.73 Å². The lowest BCUT2D eigenvalue weighted by Gasteiger charge is -2.06. The molecule has 1 heterocycles. The van der Waals surface area contributed by atoms with Crippen LogP contribution in [0.25, 0.3) is 10.9 Å². The molecule has 2 rings (SSSR count). The number of hydrogen-bond donors (Lipinski definition) is 1. The highest BCUT2D eigenvalue weighted by Crippen LogP contribution is 2.29. The molecule has 0 aliphatic carbocycles. The minimum Gasteiger partial charge on any atom is -0.399 e. The summed E-state index contributed by atoms with van der Waals surface area (Å²) in [5, 5.41) is 0.600. The predicted octanol–water partition coefficient (Wildman–Crippen LogP) is 2.84. The molecule has 0 atom stereocenters. The van der Waals surface area contributed by atoms with Crippen molar-refractivity contribution in [3.8, 4) is 0 Å². The molecule has 0 radical (unpaired) electrons. The fourth-order valence-electron chi connectivity index (χ4n) is 1.30. The van der Waals surface area contributed by atoms with E-state index in [0.29, 0.717) is 16.6 Å². The second-order valence-electron chi connectivity index (χ2n) is 3.15. The largest absolute Gasteiger partial charge is 0.433 e. The van der Waals surface area contributed by atoms with E-state index >= 15 is 0 Å². The molecule has 2 nitrogen and oxygen atoms in total. The summed E-state index contributed by atoms with van der Waals surface area (Å²) in [4.78, 5) is 3.51. The second-order valence-corrected chi connectivity index (χ2v) is 3.15. The highest BCUT2D eigenvalue weighted by molar-refractivity contribution is 5.81. The van der Waals surface area contributed by atoms with Gasteiger partial charge < -0.3 is 5.73 Å². The van der Waals surface area contributed by atoms with Crippen molar-refractivity contribution >= 4 is 16.6 Å². The smallest absolute Gasteiger partial charge is 0.399 e. The Kier molecular flexibility index (Phi) is 2.03. The van der Waals surface area contributed by atoms with Gasteiger partial charge in [-0.2, -0.15) is 13.2 Å². The Hall–Kier alpha value is -1.78. The van der Waals surface area contributed by atoms with Crippen molar-refractivity contribution in [1.82, 2.24) is 4.98 Å². The Morgan fingerprint density at radius 2 is 1.80 bits per heavy atom. The Labute approximate surface area is 83.5 Å². The van der Waals surface area contributed by atoms with E-state index in [2.05, 4.69) is 4.98 Å². The summed E-state index contributed by atoms with van der Waals surface area (Å²) in [7, 11) is 0. The first-order valence-electron chi connectivity index (χ1n) is 4.20. The van der Waals surface area contributed by atoms with Gasteiger partial charge in [0.15, 0.2) is 0 Å². The van der Waals surface area contributed by atoms with Crippen molar-refractivity contribution in [2.75, 3.05) is 5.73 Å². The second kappa shape index (κ2) is 3.12. The van der Waals surface area contributed by atoms with Crippen LogP contribution in [0.2, 0.25) is 0 Å². The van der Waals surface area contributed by atoms with E-state index in [0.717, 1.165) is 6.07 Å². The van der Waals surface area contributed by atoms with Crippen LogP contribution in [0.1, 0.15) is 5.69 Å². The number of hydrogen-bond acceptors (Lipinski definition) is 2. The van der Waals surface area contributed by atoms with Gasteiger partial charge >= 0.3 is 6.18 Å². The molecule has 1 aromatic heterocycles. The van der Waals surface area contributed by atoms with E-state index in [1.807, 2.05) is 0 Å². The summed E-state index contributed by atoms with van der Waals surface area (Å²) in [6, 6.07) is 6.89. The average molecular weight is 212 g/mol. The summed E-state index contributed by atoms with van der Waals surface area (Å²) < 4.78 is 36.9. The Bertz CT molecular complexity index is 505. The molecule has 1 aromatic carbocycles. The minimum atomic E-state index is -4.41. The summed E-state index contributed by atoms with van der Waals surface area (Å²) in [5.74, 6) is 0. The molecule has 0 aliphatic rings. The Morgan fingerprint density at radius 1 is 1.07 bits per heavy atom. The number of aromatic nitrogens is 1. The molecule has 0 saturated heterocycles. The average Bonchev–Trinajstić information content (AvgIpc) is 2.15. The fourth-order valence-corrected chi connectivity index (χ4v) is 1.30. The van der Waals surface area contributed by atoms with E-state index in [-0.39, 0.29) is 0 Å². The van der Waals surface area contributed by atoms with Gasteiger partial charge in [0, 0.05) is 11.1 Å². The highest BCUT2D eigenvalue weighted by atomic mass is 19.4. The number of nitrogens with zero attached hydrogens (tertiary/aromatic N) is 1. The predicted molar refractivity (Wildman–Crippen MR) is 51.2 cm³/mol. The molecule has 0 unspecified atom stereocenters. The topological polar surface area (TPSA) is 38.9 Å². The molecule has 78 valence electrons. The van der Waals surface area contributed by atoms with Crippen LogP contribution in [0.15, 0.2) is 30.3 Å². The molecule has 0 bridgehead atoms. The van der Waals surface area contributed by atoms with Crippen LogP contribution in [0.5, 0.6) is 0 Å². The SMILES string of the molecule is Nc1ccc2nc(C(F)(F)F)ccc2c1. The van der Waals surface area contributed by atoms with E-state index in [1.54, 1.807) is 6.07 Å². The first-order chi connectivity index (χ1) is 6.97. The number of benzene rings is 1. The zero-order valence-electron chi connectivity index (χ0n) is 7.55. The van der Waals surface area contributed by atoms with Gasteiger partial charge in [-0.15, -0.1) is 0 Å². The van der Waals surface area contributed by atoms with Gasteiger partial charge in [0.25, 0.3) is 0 Å². The van der Waals surface area contributed by atoms with Gasteiger partial charge in [-0.05, 0) is 24.3 Å². The van der Waals surface area contributed by atoms with Crippen LogP contribution in [0, 0.1) is 0 Å². The molecule has 0 fully saturated rings. The number of anilines is 1. The first-order valence-corrected chi connectivity index (χ1v) is 4.20. The summed E-state index contributed by atoms with van der Waals surface area (Å²) in [6.45, 7) is 0. The van der Waals surface area contributed by atoms with Crippen molar-refractivity contribution in [2.45, 2.75) is 6.18 Å². The normalized spacial score (nSPS) is 11.9. The molecule has 0 spiro atoms. The molecular formula is C10H7F3N2. The number of fused-ring (bicyclic) bond motifs is 1. The van der Waals surface area contributed by atoms with Crippen molar-refractivity contribution in [1.29, 1.82) is 0 Å². The van der Waals surface area contributed by atoms with Crippen LogP contribution in [-0.4, -0.2) is 4.98 Å². The van der Waals surface area contributed by atoms with E-state index in [4.69, 9.17) is 5.73 Å². The molecule has 2 aromatic rings. The Balaban J connectivity index is 2.62. The molecule has 0 amide bonds. The van der Waals surface area contributed by atoms with E-state index in [1.165, 1.54) is 18.2 Å². The number of nitrogen functional groups attached to an aromatic ring is 1. The number of halogens is 3. The number of rotatable bonds is 0. The zero-order chi connectivity index (χ0) is 11.1. The summed E-state index contributed by atoms with van der Waals surface area (Å²) in [5.41, 5.74) is 5.40. The lowest BCUT2D eigenvalue weighted by atomic mass is 10.2. The lowest BCUT2D eigenvalue weighted by Crippen LogP contribution is -2.07. The molecule has 0 saturated carbocycles. The van der Waals surface area contributed by atoms with Crippen molar-refractivity contribution in [3.63, 3.8) is 0 Å². The maximum atomic E-state index is 12.3. The maximum Gasteiger partial charge on any atom is 0.433 e. The standard InChI is InChI=1S/C10H7F3N2/c11-10(12,13)9-4-1-6-5-7(14)2-3-8(6)15-9/h1-5H,14H2. The minimum absolute atomic E-state index is 0.291. The van der Waals surface area contributed by atoms with Gasteiger partial charge in [0.2, 0.25) is 0 Å². The third-order valence-corrected chi connectivity index (χ3v) is 2.00. The Morgan fingerprint density at radius 3 is 2.47 bits per heavy atom. The van der Waals surface area contributed by atoms with Crippen LogP contribution in [-0.2, 0) is 6.18 Å². The molecule has 0 aliphatic heterocycles. The molecular weight excluding hydrogens is 205 g/mol. The van der Waals surface area contributed by atoms with Crippen molar-refractivity contribution < 1.29 is 13.2 Å². The third kappa shape index (κ3) is 1.86. The quantitative estimate of drug-likeness (QED) is 0.682. The van der Waals surface area contributed by atoms with Crippen molar-refractivity contribution in [3.05, 3.63) is 36.0 Å². The monoisotopic (exact) mass is 212 g/mol. The fraction of sp³-hybridized carbons (Fsp3) is 0.100. The van der Waals surface area contributed by atoms with E-state index in [9.17, 15) is 13.2 Å². The van der Waals surface area contributed by atoms with Crippen LogP contribution >= 0.6 is 0 Å². The number of nitrogens with two attached hydrogens (primary N) is 1. The lowest BCUT2D eigenvalue weighted by molar-refractivity contribution is -0.140. The van der Waals surface area contributed by atoms with Crippen LogP contribution in [0.3, 0.4) is 0 Å². The van der Waals surface area contributed by atoms with Crippen LogP contribution in [0.4, 0.5) is 18.9 Å². The van der Waals surface area contributed by atoms with Gasteiger partial charge in [-0.1, -0.05) is 6.07 Å². The van der Waals surface area contributed by atoms with Gasteiger partial charge in [0.1, 0.15) is 5.69 Å². The van der Waals surface area contributed by atoms with Crippen molar-refractivity contribution in [2.24, 2.45) is 0 Å². The molecule has 2 N–H and O–H groups in total. The van der Waals surface area contributed by atoms with Gasteiger partial charge in [-0.3, -0.25) is 0 Å². The summed E-state index contributed by atoms with van der Waals surface area (Å²) >= 11 is 0. The van der Waals surface area contributed by atoms with Gasteiger partial charge in [0.05, 0.1) is 5.52 Å². The van der Waals surface area contributed by atoms with E-state index < -0.39 is 11.9 Å². The van der Waals surface area contributed by atoms with Gasteiger partial charge in [-0.25, -0.2) is 4.98 Å². The first kappa shape index (κ1) is 9.76. The number of alkyl halides is 3. The highest BCUT2D eigenvalue weighted by Gasteiger charge is 2.32. The number of pyridine rings is 1. The summed E-state index contributed by atoms with van der Waals surface area (Å²) in [6.07, 6.45) is -4.41. The zero-order valence-corrected chi connectivity index (χ0v) is 7.55. The third-order valence-electron chi connectivity index (χ3n) is 2.00.